The molecule has 1 amide bonds. The zero-order chi connectivity index (χ0) is 17.5. The number of hydrogen-bond donors (Lipinski definition) is 1. The summed E-state index contributed by atoms with van der Waals surface area (Å²) in [6.45, 7) is 0. The van der Waals surface area contributed by atoms with Crippen LogP contribution in [0.2, 0.25) is 5.02 Å². The van der Waals surface area contributed by atoms with Crippen molar-refractivity contribution in [1.82, 2.24) is 0 Å². The Balaban J connectivity index is 1.92. The number of carbonyl (C=O) groups is 1. The molecule has 0 aromatic heterocycles. The fourth-order valence-corrected chi connectivity index (χ4v) is 3.17. The minimum absolute atomic E-state index is 0.167. The highest BCUT2D eigenvalue weighted by molar-refractivity contribution is 7.99. The van der Waals surface area contributed by atoms with Gasteiger partial charge in [0.15, 0.2) is 0 Å². The molecule has 0 fully saturated rings. The number of amides is 1. The molecule has 1 N–H and O–H groups in total. The van der Waals surface area contributed by atoms with E-state index >= 15 is 0 Å². The molecule has 0 saturated heterocycles. The van der Waals surface area contributed by atoms with Gasteiger partial charge in [-0.15, -0.1) is 11.8 Å². The summed E-state index contributed by atoms with van der Waals surface area (Å²) in [6, 6.07) is 9.64. The highest BCUT2D eigenvalue weighted by Gasteiger charge is 2.11. The number of methoxy groups -OCH3 is 2. The zero-order valence-corrected chi connectivity index (χ0v) is 14.8. The van der Waals surface area contributed by atoms with Crippen LogP contribution in [-0.2, 0) is 10.5 Å². The zero-order valence-electron chi connectivity index (χ0n) is 13.3. The van der Waals surface area contributed by atoms with E-state index in [0.717, 1.165) is 0 Å². The van der Waals surface area contributed by atoms with Gasteiger partial charge in [-0.3, -0.25) is 4.79 Å². The maximum absolute atomic E-state index is 13.7. The number of benzene rings is 2. The van der Waals surface area contributed by atoms with Crippen LogP contribution in [0.25, 0.3) is 0 Å². The Labute approximate surface area is 149 Å². The molecular weight excluding hydrogens is 353 g/mol. The van der Waals surface area contributed by atoms with Crippen LogP contribution in [0.4, 0.5) is 10.1 Å². The number of carbonyl (C=O) groups excluding carboxylic acids is 1. The van der Waals surface area contributed by atoms with Gasteiger partial charge in [-0.2, -0.15) is 0 Å². The third-order valence-corrected chi connectivity index (χ3v) is 4.54. The van der Waals surface area contributed by atoms with E-state index in [1.165, 1.54) is 24.9 Å². The van der Waals surface area contributed by atoms with Gasteiger partial charge < -0.3 is 14.8 Å². The molecule has 0 atom stereocenters. The SMILES string of the molecule is COc1ccc(NC(=O)CSCc2c(F)cccc2Cl)c(OC)c1. The van der Waals surface area contributed by atoms with Crippen molar-refractivity contribution in [3.8, 4) is 11.5 Å². The molecule has 24 heavy (non-hydrogen) atoms. The second kappa shape index (κ2) is 8.80. The van der Waals surface area contributed by atoms with Crippen LogP contribution in [0.15, 0.2) is 36.4 Å². The summed E-state index contributed by atoms with van der Waals surface area (Å²) < 4.78 is 24.0. The number of halogens is 2. The van der Waals surface area contributed by atoms with Gasteiger partial charge in [0.25, 0.3) is 0 Å². The molecule has 0 spiro atoms. The number of ether oxygens (including phenoxy) is 2. The van der Waals surface area contributed by atoms with E-state index in [1.807, 2.05) is 0 Å². The average Bonchev–Trinajstić information content (AvgIpc) is 2.58. The van der Waals surface area contributed by atoms with Gasteiger partial charge in [0.05, 0.1) is 25.7 Å². The highest BCUT2D eigenvalue weighted by Crippen LogP contribution is 2.29. The topological polar surface area (TPSA) is 47.6 Å². The Morgan fingerprint density at radius 1 is 1.25 bits per heavy atom. The Kier molecular flexibility index (Phi) is 6.75. The van der Waals surface area contributed by atoms with Gasteiger partial charge in [-0.05, 0) is 24.3 Å². The summed E-state index contributed by atoms with van der Waals surface area (Å²) >= 11 is 7.24. The van der Waals surface area contributed by atoms with E-state index < -0.39 is 0 Å². The first-order valence-electron chi connectivity index (χ1n) is 7.07. The lowest BCUT2D eigenvalue weighted by molar-refractivity contribution is -0.113. The Morgan fingerprint density at radius 3 is 2.71 bits per heavy atom. The van der Waals surface area contributed by atoms with Crippen LogP contribution in [0.3, 0.4) is 0 Å². The van der Waals surface area contributed by atoms with E-state index in [0.29, 0.717) is 33.5 Å². The molecule has 0 heterocycles. The van der Waals surface area contributed by atoms with Crippen molar-refractivity contribution in [3.63, 3.8) is 0 Å². The van der Waals surface area contributed by atoms with E-state index in [1.54, 1.807) is 37.4 Å². The van der Waals surface area contributed by atoms with Gasteiger partial charge in [-0.1, -0.05) is 17.7 Å². The molecule has 0 radical (unpaired) electrons. The van der Waals surface area contributed by atoms with Crippen LogP contribution in [-0.4, -0.2) is 25.9 Å². The Hall–Kier alpha value is -1.92. The molecule has 0 unspecified atom stereocenters. The molecule has 4 nitrogen and oxygen atoms in total. The van der Waals surface area contributed by atoms with Crippen molar-refractivity contribution in [2.45, 2.75) is 5.75 Å². The fraction of sp³-hybridized carbons (Fsp3) is 0.235. The first-order valence-corrected chi connectivity index (χ1v) is 8.61. The quantitative estimate of drug-likeness (QED) is 0.787. The second-order valence-corrected chi connectivity index (χ2v) is 6.20. The summed E-state index contributed by atoms with van der Waals surface area (Å²) in [7, 11) is 3.07. The third-order valence-electron chi connectivity index (χ3n) is 3.22. The Bertz CT molecular complexity index is 707. The molecule has 2 aromatic carbocycles. The van der Waals surface area contributed by atoms with Crippen molar-refractivity contribution < 1.29 is 18.7 Å². The third kappa shape index (κ3) is 4.79. The molecule has 128 valence electrons. The number of nitrogens with one attached hydrogen (secondary N) is 1. The van der Waals surface area contributed by atoms with Crippen molar-refractivity contribution in [1.29, 1.82) is 0 Å². The van der Waals surface area contributed by atoms with Crippen LogP contribution in [0.1, 0.15) is 5.56 Å². The van der Waals surface area contributed by atoms with Crippen molar-refractivity contribution in [2.24, 2.45) is 0 Å². The maximum atomic E-state index is 13.7. The minimum atomic E-state index is -0.368. The van der Waals surface area contributed by atoms with E-state index in [4.69, 9.17) is 21.1 Å². The standard InChI is InChI=1S/C17H17ClFNO3S/c1-22-11-6-7-15(16(8-11)23-2)20-17(21)10-24-9-12-13(18)4-3-5-14(12)19/h3-8H,9-10H2,1-2H3,(H,20,21). The monoisotopic (exact) mass is 369 g/mol. The average molecular weight is 370 g/mol. The van der Waals surface area contributed by atoms with E-state index in [-0.39, 0.29) is 17.5 Å². The van der Waals surface area contributed by atoms with Gasteiger partial charge in [0.1, 0.15) is 17.3 Å². The van der Waals surface area contributed by atoms with Crippen LogP contribution >= 0.6 is 23.4 Å². The van der Waals surface area contributed by atoms with E-state index in [2.05, 4.69) is 5.32 Å². The predicted molar refractivity (Wildman–Crippen MR) is 95.7 cm³/mol. The molecular formula is C17H17ClFNO3S. The molecule has 0 aliphatic carbocycles. The normalized spacial score (nSPS) is 10.3. The molecule has 7 heteroatoms. The van der Waals surface area contributed by atoms with Crippen molar-refractivity contribution in [3.05, 3.63) is 52.8 Å². The molecule has 0 bridgehead atoms. The number of rotatable bonds is 7. The van der Waals surface area contributed by atoms with Gasteiger partial charge in [0, 0.05) is 22.4 Å². The highest BCUT2D eigenvalue weighted by atomic mass is 35.5. The van der Waals surface area contributed by atoms with Crippen molar-refractivity contribution >= 4 is 35.0 Å². The summed E-state index contributed by atoms with van der Waals surface area (Å²) in [4.78, 5) is 12.0. The lowest BCUT2D eigenvalue weighted by atomic mass is 10.2. The van der Waals surface area contributed by atoms with Gasteiger partial charge >= 0.3 is 0 Å². The molecule has 2 aromatic rings. The summed E-state index contributed by atoms with van der Waals surface area (Å²) in [5.74, 6) is 1.04. The van der Waals surface area contributed by atoms with Crippen molar-refractivity contribution in [2.75, 3.05) is 25.3 Å². The predicted octanol–water partition coefficient (Wildman–Crippen LogP) is 4.37. The lowest BCUT2D eigenvalue weighted by Crippen LogP contribution is -2.15. The van der Waals surface area contributed by atoms with Crippen LogP contribution in [0.5, 0.6) is 11.5 Å². The Morgan fingerprint density at radius 2 is 2.04 bits per heavy atom. The molecule has 0 saturated carbocycles. The summed E-state index contributed by atoms with van der Waals surface area (Å²) in [5, 5.41) is 3.12. The first kappa shape index (κ1) is 18.4. The fourth-order valence-electron chi connectivity index (χ4n) is 2.00. The number of anilines is 1. The molecule has 2 rings (SSSR count). The lowest BCUT2D eigenvalue weighted by Gasteiger charge is -2.11. The second-order valence-electron chi connectivity index (χ2n) is 4.81. The number of hydrogen-bond acceptors (Lipinski definition) is 4. The van der Waals surface area contributed by atoms with E-state index in [9.17, 15) is 9.18 Å². The molecule has 0 aliphatic rings. The minimum Gasteiger partial charge on any atom is -0.497 e. The molecule has 0 aliphatic heterocycles. The smallest absolute Gasteiger partial charge is 0.234 e. The van der Waals surface area contributed by atoms with Crippen LogP contribution < -0.4 is 14.8 Å². The summed E-state index contributed by atoms with van der Waals surface area (Å²) in [5.41, 5.74) is 0.951. The number of thioether (sulfide) groups is 1. The summed E-state index contributed by atoms with van der Waals surface area (Å²) in [6.07, 6.45) is 0. The van der Waals surface area contributed by atoms with Gasteiger partial charge in [-0.25, -0.2) is 4.39 Å². The largest absolute Gasteiger partial charge is 0.497 e. The van der Waals surface area contributed by atoms with Gasteiger partial charge in [0.2, 0.25) is 5.91 Å². The first-order chi connectivity index (χ1) is 11.5. The van der Waals surface area contributed by atoms with Crippen LogP contribution in [0, 0.1) is 5.82 Å². The maximum Gasteiger partial charge on any atom is 0.234 e.